The van der Waals surface area contributed by atoms with Crippen LogP contribution in [0.2, 0.25) is 0 Å². The summed E-state index contributed by atoms with van der Waals surface area (Å²) in [5.74, 6) is 0.0856. The number of hydrogen-bond acceptors (Lipinski definition) is 4. The summed E-state index contributed by atoms with van der Waals surface area (Å²) in [6, 6.07) is 6.94. The number of carbonyl (C=O) groups is 2. The first-order valence-electron chi connectivity index (χ1n) is 6.14. The minimum Gasteiger partial charge on any atom is -0.458 e. The minimum atomic E-state index is -0.417. The van der Waals surface area contributed by atoms with Crippen molar-refractivity contribution in [1.29, 1.82) is 0 Å². The van der Waals surface area contributed by atoms with E-state index in [-0.39, 0.29) is 12.1 Å². The van der Waals surface area contributed by atoms with Gasteiger partial charge in [-0.1, -0.05) is 12.1 Å². The van der Waals surface area contributed by atoms with E-state index in [4.69, 9.17) is 9.47 Å². The van der Waals surface area contributed by atoms with Crippen LogP contribution in [0.15, 0.2) is 24.3 Å². The molecule has 104 valence electrons. The Hall–Kier alpha value is -2.04. The van der Waals surface area contributed by atoms with Gasteiger partial charge in [-0.3, -0.25) is 4.79 Å². The summed E-state index contributed by atoms with van der Waals surface area (Å²) in [5, 5.41) is 0. The van der Waals surface area contributed by atoms with Gasteiger partial charge >= 0.3 is 12.1 Å². The number of nitrogens with zero attached hydrogens (tertiary/aromatic N) is 1. The first-order valence-corrected chi connectivity index (χ1v) is 6.14. The summed E-state index contributed by atoms with van der Waals surface area (Å²) >= 11 is 0. The number of esters is 1. The molecule has 1 atom stereocenters. The van der Waals surface area contributed by atoms with Crippen molar-refractivity contribution in [1.82, 2.24) is 4.90 Å². The second-order valence-corrected chi connectivity index (χ2v) is 4.21. The predicted molar refractivity (Wildman–Crippen MR) is 71.0 cm³/mol. The lowest BCUT2D eigenvalue weighted by Gasteiger charge is -2.16. The molecule has 1 rings (SSSR count). The molecule has 0 aliphatic carbocycles. The molecule has 0 bridgehead atoms. The minimum absolute atomic E-state index is 0.347. The zero-order valence-electron chi connectivity index (χ0n) is 11.7. The van der Waals surface area contributed by atoms with Crippen LogP contribution in [-0.2, 0) is 9.53 Å². The van der Waals surface area contributed by atoms with Crippen molar-refractivity contribution in [2.75, 3.05) is 13.6 Å². The highest BCUT2D eigenvalue weighted by molar-refractivity contribution is 5.70. The molecule has 0 fully saturated rings. The van der Waals surface area contributed by atoms with Crippen LogP contribution in [-0.4, -0.2) is 30.6 Å². The molecular formula is C14H19NO4. The number of carbonyl (C=O) groups excluding carboxylic acids is 2. The van der Waals surface area contributed by atoms with E-state index in [1.807, 2.05) is 13.0 Å². The van der Waals surface area contributed by atoms with Crippen molar-refractivity contribution in [3.05, 3.63) is 29.8 Å². The zero-order chi connectivity index (χ0) is 14.4. The smallest absolute Gasteiger partial charge is 0.414 e. The molecule has 19 heavy (non-hydrogen) atoms. The van der Waals surface area contributed by atoms with Crippen LogP contribution < -0.4 is 4.74 Å². The Balaban J connectivity index is 2.77. The number of amides is 1. The topological polar surface area (TPSA) is 55.8 Å². The van der Waals surface area contributed by atoms with E-state index >= 15 is 0 Å². The van der Waals surface area contributed by atoms with Gasteiger partial charge < -0.3 is 14.4 Å². The molecule has 0 radical (unpaired) electrons. The Morgan fingerprint density at radius 1 is 1.37 bits per heavy atom. The maximum Gasteiger partial charge on any atom is 0.414 e. The van der Waals surface area contributed by atoms with Crippen molar-refractivity contribution in [3.63, 3.8) is 0 Å². The molecule has 0 unspecified atom stereocenters. The Labute approximate surface area is 113 Å². The van der Waals surface area contributed by atoms with Gasteiger partial charge in [-0.15, -0.1) is 0 Å². The Bertz CT molecular complexity index is 459. The molecular weight excluding hydrogens is 246 g/mol. The first-order chi connectivity index (χ1) is 8.93. The highest BCUT2D eigenvalue weighted by Gasteiger charge is 2.12. The van der Waals surface area contributed by atoms with Crippen LogP contribution >= 0.6 is 0 Å². The Morgan fingerprint density at radius 3 is 2.63 bits per heavy atom. The molecule has 0 saturated heterocycles. The van der Waals surface area contributed by atoms with Crippen LogP contribution in [0, 0.1) is 0 Å². The summed E-state index contributed by atoms with van der Waals surface area (Å²) in [5.41, 5.74) is 0.777. The van der Waals surface area contributed by atoms with E-state index in [0.717, 1.165) is 5.56 Å². The fourth-order valence-electron chi connectivity index (χ4n) is 1.46. The van der Waals surface area contributed by atoms with Gasteiger partial charge in [-0.25, -0.2) is 4.79 Å². The molecule has 5 heteroatoms. The quantitative estimate of drug-likeness (QED) is 0.785. The average Bonchev–Trinajstić information content (AvgIpc) is 2.37. The lowest BCUT2D eigenvalue weighted by atomic mass is 10.1. The molecule has 0 aromatic heterocycles. The second kappa shape index (κ2) is 6.78. The van der Waals surface area contributed by atoms with Gasteiger partial charge in [0.15, 0.2) is 0 Å². The molecule has 1 amide bonds. The third kappa shape index (κ3) is 4.62. The Morgan fingerprint density at radius 2 is 2.05 bits per heavy atom. The van der Waals surface area contributed by atoms with Gasteiger partial charge in [0, 0.05) is 20.5 Å². The zero-order valence-corrected chi connectivity index (χ0v) is 11.7. The van der Waals surface area contributed by atoms with E-state index in [9.17, 15) is 9.59 Å². The van der Waals surface area contributed by atoms with Crippen molar-refractivity contribution < 1.29 is 19.1 Å². The monoisotopic (exact) mass is 265 g/mol. The molecule has 0 saturated carbocycles. The second-order valence-electron chi connectivity index (χ2n) is 4.21. The largest absolute Gasteiger partial charge is 0.458 e. The Kier molecular flexibility index (Phi) is 5.36. The molecule has 0 aliphatic heterocycles. The summed E-state index contributed by atoms with van der Waals surface area (Å²) in [6.07, 6.45) is -0.792. The molecule has 0 spiro atoms. The van der Waals surface area contributed by atoms with Crippen LogP contribution in [0.1, 0.15) is 32.4 Å². The highest BCUT2D eigenvalue weighted by atomic mass is 16.6. The number of hydrogen-bond donors (Lipinski definition) is 0. The van der Waals surface area contributed by atoms with Crippen molar-refractivity contribution in [3.8, 4) is 5.75 Å². The fourth-order valence-corrected chi connectivity index (χ4v) is 1.46. The normalized spacial score (nSPS) is 11.6. The van der Waals surface area contributed by atoms with Crippen molar-refractivity contribution >= 4 is 12.1 Å². The van der Waals surface area contributed by atoms with E-state index in [1.54, 1.807) is 32.2 Å². The maximum absolute atomic E-state index is 11.6. The summed E-state index contributed by atoms with van der Waals surface area (Å²) < 4.78 is 10.3. The first kappa shape index (κ1) is 15.0. The van der Waals surface area contributed by atoms with Crippen molar-refractivity contribution in [2.45, 2.75) is 26.9 Å². The number of benzene rings is 1. The van der Waals surface area contributed by atoms with Crippen LogP contribution in [0.4, 0.5) is 4.79 Å². The SMILES string of the molecule is CCN(C)C(=O)Oc1cccc([C@@H](C)OC(C)=O)c1. The average molecular weight is 265 g/mol. The van der Waals surface area contributed by atoms with Gasteiger partial charge in [-0.2, -0.15) is 0 Å². The van der Waals surface area contributed by atoms with Crippen LogP contribution in [0.5, 0.6) is 5.75 Å². The summed E-state index contributed by atoms with van der Waals surface area (Å²) in [7, 11) is 1.66. The van der Waals surface area contributed by atoms with E-state index in [2.05, 4.69) is 0 Å². The van der Waals surface area contributed by atoms with E-state index in [1.165, 1.54) is 11.8 Å². The number of ether oxygens (including phenoxy) is 2. The number of rotatable bonds is 4. The molecule has 0 aliphatic rings. The third-order valence-corrected chi connectivity index (χ3v) is 2.66. The van der Waals surface area contributed by atoms with Gasteiger partial charge in [0.05, 0.1) is 0 Å². The molecule has 1 aromatic carbocycles. The molecule has 1 aromatic rings. The lowest BCUT2D eigenvalue weighted by Crippen LogP contribution is -2.29. The molecule has 0 N–H and O–H groups in total. The lowest BCUT2D eigenvalue weighted by molar-refractivity contribution is -0.145. The van der Waals surface area contributed by atoms with E-state index in [0.29, 0.717) is 12.3 Å². The highest BCUT2D eigenvalue weighted by Crippen LogP contribution is 2.22. The molecule has 5 nitrogen and oxygen atoms in total. The van der Waals surface area contributed by atoms with Gasteiger partial charge in [0.1, 0.15) is 11.9 Å². The van der Waals surface area contributed by atoms with Crippen LogP contribution in [0.25, 0.3) is 0 Å². The third-order valence-electron chi connectivity index (χ3n) is 2.66. The van der Waals surface area contributed by atoms with Gasteiger partial charge in [0.25, 0.3) is 0 Å². The standard InChI is InChI=1S/C14H19NO4/c1-5-15(4)14(17)19-13-8-6-7-12(9-13)10(2)18-11(3)16/h6-10H,5H2,1-4H3/t10-/m1/s1. The maximum atomic E-state index is 11.6. The van der Waals surface area contributed by atoms with Gasteiger partial charge in [-0.05, 0) is 31.5 Å². The predicted octanol–water partition coefficient (Wildman–Crippen LogP) is 2.76. The molecule has 0 heterocycles. The van der Waals surface area contributed by atoms with E-state index < -0.39 is 6.09 Å². The van der Waals surface area contributed by atoms with Crippen molar-refractivity contribution in [2.24, 2.45) is 0 Å². The van der Waals surface area contributed by atoms with Crippen LogP contribution in [0.3, 0.4) is 0 Å². The summed E-state index contributed by atoms with van der Waals surface area (Å²) in [6.45, 7) is 5.56. The van der Waals surface area contributed by atoms with Gasteiger partial charge in [0.2, 0.25) is 0 Å². The summed E-state index contributed by atoms with van der Waals surface area (Å²) in [4.78, 5) is 24.0. The fraction of sp³-hybridized carbons (Fsp3) is 0.429.